The summed E-state index contributed by atoms with van der Waals surface area (Å²) in [7, 11) is 1.63. The van der Waals surface area contributed by atoms with E-state index in [0.29, 0.717) is 5.16 Å². The molecule has 0 aliphatic heterocycles. The van der Waals surface area contributed by atoms with Gasteiger partial charge in [-0.3, -0.25) is 4.79 Å². The fourth-order valence-corrected chi connectivity index (χ4v) is 2.26. The van der Waals surface area contributed by atoms with Gasteiger partial charge in [-0.15, -0.1) is 5.10 Å². The fraction of sp³-hybridized carbons (Fsp3) is 0.273. The molecule has 0 aliphatic rings. The van der Waals surface area contributed by atoms with Crippen LogP contribution in [0.2, 0.25) is 0 Å². The molecule has 8 heteroatoms. The molecule has 19 heavy (non-hydrogen) atoms. The zero-order valence-corrected chi connectivity index (χ0v) is 11.0. The second-order valence-electron chi connectivity index (χ2n) is 3.83. The molecule has 1 aromatic heterocycles. The van der Waals surface area contributed by atoms with Crippen molar-refractivity contribution in [2.24, 2.45) is 7.05 Å². The first kappa shape index (κ1) is 13.6. The molecule has 0 saturated heterocycles. The monoisotopic (exact) mass is 284 g/mol. The highest BCUT2D eigenvalue weighted by Gasteiger charge is 2.22. The largest absolute Gasteiger partial charge is 0.293 e. The van der Waals surface area contributed by atoms with Crippen molar-refractivity contribution >= 4 is 17.5 Å². The molecule has 0 unspecified atom stereocenters. The third kappa shape index (κ3) is 2.95. The van der Waals surface area contributed by atoms with Crippen LogP contribution in [0.25, 0.3) is 0 Å². The van der Waals surface area contributed by atoms with Gasteiger partial charge in [0.1, 0.15) is 11.6 Å². The van der Waals surface area contributed by atoms with Crippen LogP contribution in [-0.2, 0) is 7.05 Å². The smallest absolute Gasteiger partial charge is 0.209 e. The molecule has 100 valence electrons. The summed E-state index contributed by atoms with van der Waals surface area (Å²) >= 11 is 1.08. The molecule has 0 saturated carbocycles. The lowest BCUT2D eigenvalue weighted by atomic mass is 10.1. The summed E-state index contributed by atoms with van der Waals surface area (Å²) in [5.74, 6) is -1.90. The van der Waals surface area contributed by atoms with E-state index in [1.54, 1.807) is 14.0 Å². The maximum atomic E-state index is 13.5. The van der Waals surface area contributed by atoms with Gasteiger partial charge in [-0.1, -0.05) is 11.8 Å². The Hall–Kier alpha value is -1.83. The van der Waals surface area contributed by atoms with Crippen molar-refractivity contribution in [2.75, 3.05) is 0 Å². The van der Waals surface area contributed by atoms with Gasteiger partial charge in [-0.05, 0) is 35.5 Å². The average Bonchev–Trinajstić information content (AvgIpc) is 2.77. The molecule has 0 aliphatic carbocycles. The van der Waals surface area contributed by atoms with Crippen LogP contribution in [0.1, 0.15) is 17.3 Å². The Morgan fingerprint density at radius 1 is 1.42 bits per heavy atom. The van der Waals surface area contributed by atoms with Crippen LogP contribution in [0.4, 0.5) is 8.78 Å². The van der Waals surface area contributed by atoms with Gasteiger partial charge < -0.3 is 0 Å². The normalized spacial score (nSPS) is 12.4. The van der Waals surface area contributed by atoms with Crippen molar-refractivity contribution < 1.29 is 13.6 Å². The van der Waals surface area contributed by atoms with Crippen LogP contribution in [0.15, 0.2) is 23.4 Å². The van der Waals surface area contributed by atoms with E-state index in [9.17, 15) is 13.6 Å². The summed E-state index contributed by atoms with van der Waals surface area (Å²) in [5.41, 5.74) is -0.268. The Bertz CT molecular complexity index is 616. The van der Waals surface area contributed by atoms with Gasteiger partial charge in [-0.25, -0.2) is 13.5 Å². The van der Waals surface area contributed by atoms with E-state index in [2.05, 4.69) is 15.5 Å². The second kappa shape index (κ2) is 5.43. The van der Waals surface area contributed by atoms with Gasteiger partial charge in [0.2, 0.25) is 5.16 Å². The first-order valence-corrected chi connectivity index (χ1v) is 6.25. The number of aryl methyl sites for hydroxylation is 1. The highest BCUT2D eigenvalue weighted by atomic mass is 32.2. The summed E-state index contributed by atoms with van der Waals surface area (Å²) in [6, 6.07) is 2.80. The molecule has 1 heterocycles. The maximum Gasteiger partial charge on any atom is 0.209 e. The summed E-state index contributed by atoms with van der Waals surface area (Å²) in [4.78, 5) is 12.0. The number of carbonyl (C=O) groups is 1. The average molecular weight is 284 g/mol. The fourth-order valence-electron chi connectivity index (χ4n) is 1.44. The Morgan fingerprint density at radius 2 is 2.16 bits per heavy atom. The summed E-state index contributed by atoms with van der Waals surface area (Å²) in [5, 5.41) is 10.6. The highest BCUT2D eigenvalue weighted by molar-refractivity contribution is 8.00. The van der Waals surface area contributed by atoms with Crippen molar-refractivity contribution in [2.45, 2.75) is 17.3 Å². The van der Waals surface area contributed by atoms with Gasteiger partial charge in [0.25, 0.3) is 0 Å². The molecule has 0 bridgehead atoms. The Kier molecular flexibility index (Phi) is 3.89. The standard InChI is InChI=1S/C11H10F2N4OS/c1-6(19-11-14-15-16-17(11)2)10(18)8-5-7(12)3-4-9(8)13/h3-6H,1-2H3/t6-/m0/s1. The number of Topliss-reactive ketones (excluding diaryl/α,β-unsaturated/α-hetero) is 1. The van der Waals surface area contributed by atoms with Crippen molar-refractivity contribution in [3.05, 3.63) is 35.4 Å². The minimum Gasteiger partial charge on any atom is -0.293 e. The molecule has 1 aromatic carbocycles. The van der Waals surface area contributed by atoms with Gasteiger partial charge in [-0.2, -0.15) is 0 Å². The molecule has 0 spiro atoms. The predicted octanol–water partition coefficient (Wildman–Crippen LogP) is 1.85. The quantitative estimate of drug-likeness (QED) is 0.633. The van der Waals surface area contributed by atoms with Crippen molar-refractivity contribution in [1.29, 1.82) is 0 Å². The topological polar surface area (TPSA) is 60.7 Å². The third-order valence-electron chi connectivity index (χ3n) is 2.43. The van der Waals surface area contributed by atoms with Gasteiger partial charge in [0.05, 0.1) is 10.8 Å². The van der Waals surface area contributed by atoms with Gasteiger partial charge in [0.15, 0.2) is 5.78 Å². The zero-order chi connectivity index (χ0) is 14.0. The second-order valence-corrected chi connectivity index (χ2v) is 5.14. The van der Waals surface area contributed by atoms with E-state index in [-0.39, 0.29) is 5.56 Å². The zero-order valence-electron chi connectivity index (χ0n) is 10.2. The number of hydrogen-bond acceptors (Lipinski definition) is 5. The van der Waals surface area contributed by atoms with Crippen LogP contribution in [-0.4, -0.2) is 31.2 Å². The maximum absolute atomic E-state index is 13.5. The Balaban J connectivity index is 2.19. The number of halogens is 2. The molecular formula is C11H10F2N4OS. The van der Waals surface area contributed by atoms with E-state index < -0.39 is 22.7 Å². The number of thioether (sulfide) groups is 1. The molecular weight excluding hydrogens is 274 g/mol. The Morgan fingerprint density at radius 3 is 2.79 bits per heavy atom. The van der Waals surface area contributed by atoms with Crippen LogP contribution < -0.4 is 0 Å². The lowest BCUT2D eigenvalue weighted by Gasteiger charge is -2.09. The molecule has 0 radical (unpaired) electrons. The minimum atomic E-state index is -0.741. The number of benzene rings is 1. The number of aromatic nitrogens is 4. The molecule has 0 fully saturated rings. The summed E-state index contributed by atoms with van der Waals surface area (Å²) in [6.45, 7) is 1.59. The van der Waals surface area contributed by atoms with Crippen LogP contribution in [0.5, 0.6) is 0 Å². The molecule has 5 nitrogen and oxygen atoms in total. The molecule has 1 atom stereocenters. The number of carbonyl (C=O) groups excluding carboxylic acids is 1. The summed E-state index contributed by atoms with van der Waals surface area (Å²) < 4.78 is 27.9. The van der Waals surface area contributed by atoms with Crippen LogP contribution in [0.3, 0.4) is 0 Å². The first-order valence-electron chi connectivity index (χ1n) is 5.37. The van der Waals surface area contributed by atoms with Gasteiger partial charge in [0, 0.05) is 7.05 Å². The number of ketones is 1. The minimum absolute atomic E-state index is 0.268. The molecule has 0 amide bonds. The van der Waals surface area contributed by atoms with Gasteiger partial charge >= 0.3 is 0 Å². The molecule has 2 aromatic rings. The lowest BCUT2D eigenvalue weighted by Crippen LogP contribution is -2.16. The van der Waals surface area contributed by atoms with E-state index in [1.807, 2.05) is 0 Å². The number of hydrogen-bond donors (Lipinski definition) is 0. The van der Waals surface area contributed by atoms with Crippen LogP contribution >= 0.6 is 11.8 Å². The number of tetrazole rings is 1. The van der Waals surface area contributed by atoms with E-state index in [1.165, 1.54) is 4.68 Å². The number of rotatable bonds is 4. The highest BCUT2D eigenvalue weighted by Crippen LogP contribution is 2.24. The SMILES string of the molecule is C[C@H](Sc1nnnn1C)C(=O)c1cc(F)ccc1F. The first-order chi connectivity index (χ1) is 8.99. The van der Waals surface area contributed by atoms with Crippen LogP contribution in [0, 0.1) is 11.6 Å². The predicted molar refractivity (Wildman–Crippen MR) is 64.8 cm³/mol. The van der Waals surface area contributed by atoms with E-state index >= 15 is 0 Å². The van der Waals surface area contributed by atoms with E-state index in [4.69, 9.17) is 0 Å². The third-order valence-corrected chi connectivity index (χ3v) is 3.55. The van der Waals surface area contributed by atoms with Crippen molar-refractivity contribution in [3.8, 4) is 0 Å². The van der Waals surface area contributed by atoms with Crippen molar-refractivity contribution in [1.82, 2.24) is 20.2 Å². The molecule has 0 N–H and O–H groups in total. The number of nitrogens with zero attached hydrogens (tertiary/aromatic N) is 4. The molecule has 2 rings (SSSR count). The van der Waals surface area contributed by atoms with Crippen molar-refractivity contribution in [3.63, 3.8) is 0 Å². The lowest BCUT2D eigenvalue weighted by molar-refractivity contribution is 0.0989. The van der Waals surface area contributed by atoms with E-state index in [0.717, 1.165) is 30.0 Å². The Labute approximate surface area is 112 Å². The summed E-state index contributed by atoms with van der Waals surface area (Å²) in [6.07, 6.45) is 0.